The molecule has 3 rings (SSSR count). The van der Waals surface area contributed by atoms with Crippen LogP contribution in [-0.2, 0) is 6.54 Å². The van der Waals surface area contributed by atoms with E-state index in [9.17, 15) is 4.39 Å². The summed E-state index contributed by atoms with van der Waals surface area (Å²) in [5.41, 5.74) is 7.49. The molecule has 1 saturated heterocycles. The highest BCUT2D eigenvalue weighted by atomic mass is 32.2. The zero-order valence-corrected chi connectivity index (χ0v) is 11.8. The van der Waals surface area contributed by atoms with Crippen LogP contribution in [0.5, 0.6) is 0 Å². The van der Waals surface area contributed by atoms with E-state index >= 15 is 0 Å². The number of nitrogens with two attached hydrogens (primary N) is 1. The Kier molecular flexibility index (Phi) is 3.88. The van der Waals surface area contributed by atoms with Crippen LogP contribution in [0, 0.1) is 5.82 Å². The van der Waals surface area contributed by atoms with E-state index in [2.05, 4.69) is 15.2 Å². The van der Waals surface area contributed by atoms with Gasteiger partial charge in [0, 0.05) is 37.2 Å². The molecule has 2 aromatic rings. The Balaban J connectivity index is 1.86. The molecular weight excluding hydrogens is 277 g/mol. The van der Waals surface area contributed by atoms with Gasteiger partial charge in [-0.1, -0.05) is 5.21 Å². The highest BCUT2D eigenvalue weighted by Crippen LogP contribution is 2.24. The zero-order chi connectivity index (χ0) is 13.9. The smallest absolute Gasteiger partial charge is 0.148 e. The van der Waals surface area contributed by atoms with Gasteiger partial charge in [0.2, 0.25) is 0 Å². The van der Waals surface area contributed by atoms with Crippen LogP contribution >= 0.6 is 11.8 Å². The lowest BCUT2D eigenvalue weighted by atomic mass is 10.2. The molecule has 2 N–H and O–H groups in total. The molecule has 0 spiro atoms. The second-order valence-corrected chi connectivity index (χ2v) is 5.82. The van der Waals surface area contributed by atoms with Gasteiger partial charge in [-0.15, -0.1) is 5.10 Å². The van der Waals surface area contributed by atoms with Gasteiger partial charge >= 0.3 is 0 Å². The molecule has 0 atom stereocenters. The van der Waals surface area contributed by atoms with Gasteiger partial charge in [-0.05, 0) is 12.1 Å². The molecule has 1 aromatic carbocycles. The van der Waals surface area contributed by atoms with Gasteiger partial charge in [0.1, 0.15) is 5.82 Å². The van der Waals surface area contributed by atoms with Crippen molar-refractivity contribution in [3.05, 3.63) is 35.9 Å². The Morgan fingerprint density at radius 3 is 2.75 bits per heavy atom. The number of hydrogen-bond acceptors (Lipinski definition) is 5. The second kappa shape index (κ2) is 5.80. The van der Waals surface area contributed by atoms with E-state index in [1.807, 2.05) is 23.9 Å². The molecule has 0 saturated carbocycles. The Hall–Kier alpha value is -1.60. The minimum Gasteiger partial charge on any atom is -0.368 e. The average Bonchev–Trinajstić information content (AvgIpc) is 2.97. The Bertz CT molecular complexity index is 594. The molecular formula is C13H16FN5S. The monoisotopic (exact) mass is 293 g/mol. The first-order valence-corrected chi connectivity index (χ1v) is 7.67. The van der Waals surface area contributed by atoms with Crippen molar-refractivity contribution in [3.63, 3.8) is 0 Å². The number of aromatic nitrogens is 3. The van der Waals surface area contributed by atoms with Crippen molar-refractivity contribution in [3.8, 4) is 5.69 Å². The van der Waals surface area contributed by atoms with Gasteiger partial charge in [0.05, 0.1) is 23.3 Å². The summed E-state index contributed by atoms with van der Waals surface area (Å²) in [5, 5.41) is 7.85. The van der Waals surface area contributed by atoms with Crippen LogP contribution in [-0.4, -0.2) is 39.6 Å². The Morgan fingerprint density at radius 2 is 2.10 bits per heavy atom. The van der Waals surface area contributed by atoms with Crippen LogP contribution in [0.3, 0.4) is 0 Å². The maximum atomic E-state index is 14.3. The maximum absolute atomic E-state index is 14.3. The Labute approximate surface area is 120 Å². The van der Waals surface area contributed by atoms with Gasteiger partial charge in [0.15, 0.2) is 0 Å². The van der Waals surface area contributed by atoms with Crippen LogP contribution in [0.25, 0.3) is 5.69 Å². The molecule has 0 bridgehead atoms. The van der Waals surface area contributed by atoms with Crippen molar-refractivity contribution in [2.45, 2.75) is 6.54 Å². The first-order valence-electron chi connectivity index (χ1n) is 6.52. The summed E-state index contributed by atoms with van der Waals surface area (Å²) >= 11 is 1.91. The molecule has 1 aliphatic rings. The molecule has 0 amide bonds. The number of hydrogen-bond donors (Lipinski definition) is 1. The molecule has 0 unspecified atom stereocenters. The van der Waals surface area contributed by atoms with Crippen LogP contribution in [0.2, 0.25) is 0 Å². The third-order valence-electron chi connectivity index (χ3n) is 3.30. The molecule has 1 aliphatic heterocycles. The Morgan fingerprint density at radius 1 is 1.30 bits per heavy atom. The van der Waals surface area contributed by atoms with E-state index in [1.165, 1.54) is 6.07 Å². The van der Waals surface area contributed by atoms with Crippen molar-refractivity contribution in [1.82, 2.24) is 15.0 Å². The molecule has 5 nitrogen and oxygen atoms in total. The fourth-order valence-electron chi connectivity index (χ4n) is 2.22. The van der Waals surface area contributed by atoms with Gasteiger partial charge in [0.25, 0.3) is 0 Å². The number of halogens is 1. The van der Waals surface area contributed by atoms with Gasteiger partial charge in [-0.2, -0.15) is 11.8 Å². The van der Waals surface area contributed by atoms with Gasteiger partial charge in [-0.3, -0.25) is 0 Å². The summed E-state index contributed by atoms with van der Waals surface area (Å²) < 4.78 is 15.8. The largest absolute Gasteiger partial charge is 0.368 e. The van der Waals surface area contributed by atoms with E-state index in [4.69, 9.17) is 5.73 Å². The van der Waals surface area contributed by atoms with Crippen molar-refractivity contribution in [2.24, 2.45) is 5.73 Å². The summed E-state index contributed by atoms with van der Waals surface area (Å²) in [7, 11) is 0. The predicted molar refractivity (Wildman–Crippen MR) is 78.7 cm³/mol. The predicted octanol–water partition coefficient (Wildman–Crippen LogP) is 1.42. The van der Waals surface area contributed by atoms with E-state index in [1.54, 1.807) is 10.9 Å². The molecule has 20 heavy (non-hydrogen) atoms. The third-order valence-corrected chi connectivity index (χ3v) is 4.24. The lowest BCUT2D eigenvalue weighted by Gasteiger charge is -2.28. The number of anilines is 1. The number of rotatable bonds is 3. The minimum atomic E-state index is -0.223. The fraction of sp³-hybridized carbons (Fsp3) is 0.385. The van der Waals surface area contributed by atoms with E-state index in [-0.39, 0.29) is 5.82 Å². The maximum Gasteiger partial charge on any atom is 0.148 e. The topological polar surface area (TPSA) is 60.0 Å². The summed E-state index contributed by atoms with van der Waals surface area (Å²) in [6, 6.07) is 5.16. The van der Waals surface area contributed by atoms with E-state index < -0.39 is 0 Å². The van der Waals surface area contributed by atoms with E-state index in [0.717, 1.165) is 24.6 Å². The molecule has 7 heteroatoms. The summed E-state index contributed by atoms with van der Waals surface area (Å²) in [6.45, 7) is 2.11. The quantitative estimate of drug-likeness (QED) is 0.927. The zero-order valence-electron chi connectivity index (χ0n) is 11.0. The highest BCUT2D eigenvalue weighted by Gasteiger charge is 2.15. The normalized spacial score (nSPS) is 15.6. The van der Waals surface area contributed by atoms with Crippen molar-refractivity contribution in [1.29, 1.82) is 0 Å². The standard InChI is InChI=1S/C13H16FN5S/c14-12-7-11(19-9-10(8-15)16-17-19)1-2-13(12)18-3-5-20-6-4-18/h1-2,7,9H,3-6,8,15H2. The number of thioether (sulfide) groups is 1. The molecule has 0 aliphatic carbocycles. The van der Waals surface area contributed by atoms with E-state index in [0.29, 0.717) is 23.6 Å². The van der Waals surface area contributed by atoms with Crippen molar-refractivity contribution < 1.29 is 4.39 Å². The summed E-state index contributed by atoms with van der Waals surface area (Å²) in [6.07, 6.45) is 1.71. The van der Waals surface area contributed by atoms with Crippen LogP contribution in [0.15, 0.2) is 24.4 Å². The van der Waals surface area contributed by atoms with Crippen molar-refractivity contribution in [2.75, 3.05) is 29.5 Å². The number of nitrogens with zero attached hydrogens (tertiary/aromatic N) is 4. The summed E-state index contributed by atoms with van der Waals surface area (Å²) in [5.74, 6) is 1.87. The van der Waals surface area contributed by atoms with Gasteiger partial charge < -0.3 is 10.6 Å². The third kappa shape index (κ3) is 2.64. The lowest BCUT2D eigenvalue weighted by Crippen LogP contribution is -2.33. The van der Waals surface area contributed by atoms with Gasteiger partial charge in [-0.25, -0.2) is 9.07 Å². The number of benzene rings is 1. The first-order chi connectivity index (χ1) is 9.78. The fourth-order valence-corrected chi connectivity index (χ4v) is 3.12. The molecule has 0 radical (unpaired) electrons. The lowest BCUT2D eigenvalue weighted by molar-refractivity contribution is 0.617. The molecule has 106 valence electrons. The molecule has 1 aromatic heterocycles. The van der Waals surface area contributed by atoms with Crippen molar-refractivity contribution >= 4 is 17.4 Å². The second-order valence-electron chi connectivity index (χ2n) is 4.59. The van der Waals surface area contributed by atoms with Crippen LogP contribution in [0.1, 0.15) is 5.69 Å². The minimum absolute atomic E-state index is 0.223. The highest BCUT2D eigenvalue weighted by molar-refractivity contribution is 7.99. The van der Waals surface area contributed by atoms with Crippen LogP contribution < -0.4 is 10.6 Å². The first kappa shape index (κ1) is 13.4. The van der Waals surface area contributed by atoms with Crippen LogP contribution in [0.4, 0.5) is 10.1 Å². The molecule has 2 heterocycles. The summed E-state index contributed by atoms with van der Waals surface area (Å²) in [4.78, 5) is 2.09. The SMILES string of the molecule is NCc1cn(-c2ccc(N3CCSCC3)c(F)c2)nn1. The average molecular weight is 293 g/mol. The molecule has 1 fully saturated rings.